The van der Waals surface area contributed by atoms with E-state index in [-0.39, 0.29) is 0 Å². The van der Waals surface area contributed by atoms with Gasteiger partial charge in [0.05, 0.1) is 12.4 Å². The molecule has 0 spiro atoms. The lowest BCUT2D eigenvalue weighted by atomic mass is 10.1. The van der Waals surface area contributed by atoms with E-state index in [1.54, 1.807) is 24.3 Å². The number of hydrogen-bond acceptors (Lipinski definition) is 4. The van der Waals surface area contributed by atoms with Crippen LogP contribution in [0.4, 0.5) is 0 Å². The Morgan fingerprint density at radius 2 is 1.95 bits per heavy atom. The minimum absolute atomic E-state index is 0.423. The zero-order valence-electron chi connectivity index (χ0n) is 12.4. The Kier molecular flexibility index (Phi) is 7.62. The summed E-state index contributed by atoms with van der Waals surface area (Å²) in [5.74, 6) is 0. The molecule has 0 aliphatic rings. The molecule has 1 rings (SSSR count). The van der Waals surface area contributed by atoms with Crippen molar-refractivity contribution in [2.24, 2.45) is 0 Å². The molecule has 0 radical (unpaired) electrons. The van der Waals surface area contributed by atoms with Crippen LogP contribution in [0.1, 0.15) is 25.0 Å². The Balaban J connectivity index is 2.26. The van der Waals surface area contributed by atoms with Crippen LogP contribution in [0, 0.1) is 0 Å². The van der Waals surface area contributed by atoms with Crippen molar-refractivity contribution in [3.63, 3.8) is 0 Å². The summed E-state index contributed by atoms with van der Waals surface area (Å²) in [7, 11) is -3.12. The van der Waals surface area contributed by atoms with Gasteiger partial charge >= 0.3 is 0 Å². The van der Waals surface area contributed by atoms with Gasteiger partial charge in [-0.25, -0.2) is 12.7 Å². The van der Waals surface area contributed by atoms with Crippen molar-refractivity contribution in [3.05, 3.63) is 34.9 Å². The molecular formula is C14H23ClN2O3S. The maximum absolute atomic E-state index is 11.4. The van der Waals surface area contributed by atoms with Crippen molar-refractivity contribution in [1.82, 2.24) is 9.62 Å². The molecule has 5 nitrogen and oxygen atoms in total. The Morgan fingerprint density at radius 3 is 2.48 bits per heavy atom. The lowest BCUT2D eigenvalue weighted by Crippen LogP contribution is -2.33. The van der Waals surface area contributed by atoms with E-state index in [0.717, 1.165) is 5.56 Å². The molecule has 120 valence electrons. The average molecular weight is 335 g/mol. The zero-order chi connectivity index (χ0) is 15.9. The van der Waals surface area contributed by atoms with Crippen molar-refractivity contribution in [2.75, 3.05) is 32.4 Å². The lowest BCUT2D eigenvalue weighted by Gasteiger charge is -2.18. The van der Waals surface area contributed by atoms with Crippen LogP contribution in [0.25, 0.3) is 0 Å². The predicted molar refractivity (Wildman–Crippen MR) is 86.0 cm³/mol. The van der Waals surface area contributed by atoms with Crippen molar-refractivity contribution < 1.29 is 13.5 Å². The number of nitrogens with zero attached hydrogens (tertiary/aromatic N) is 1. The number of benzene rings is 1. The fourth-order valence-electron chi connectivity index (χ4n) is 1.98. The molecule has 0 aromatic heterocycles. The summed E-state index contributed by atoms with van der Waals surface area (Å²) in [5, 5.41) is 13.7. The molecule has 1 aromatic rings. The Hall–Kier alpha value is -0.660. The van der Waals surface area contributed by atoms with E-state index in [1.807, 2.05) is 6.92 Å². The van der Waals surface area contributed by atoms with Gasteiger partial charge < -0.3 is 10.4 Å². The van der Waals surface area contributed by atoms with E-state index in [9.17, 15) is 13.5 Å². The van der Waals surface area contributed by atoms with E-state index in [2.05, 4.69) is 5.32 Å². The van der Waals surface area contributed by atoms with E-state index in [4.69, 9.17) is 11.6 Å². The number of rotatable bonds is 9. The third-order valence-corrected chi connectivity index (χ3v) is 4.81. The first-order valence-electron chi connectivity index (χ1n) is 6.94. The number of halogens is 1. The maximum atomic E-state index is 11.4. The van der Waals surface area contributed by atoms with E-state index < -0.39 is 16.1 Å². The van der Waals surface area contributed by atoms with Crippen molar-refractivity contribution in [2.45, 2.75) is 19.4 Å². The van der Waals surface area contributed by atoms with Crippen LogP contribution in [-0.2, 0) is 10.0 Å². The molecule has 1 aromatic carbocycles. The minimum atomic E-state index is -3.12. The van der Waals surface area contributed by atoms with Gasteiger partial charge in [-0.2, -0.15) is 0 Å². The van der Waals surface area contributed by atoms with Crippen LogP contribution in [-0.4, -0.2) is 50.3 Å². The van der Waals surface area contributed by atoms with Gasteiger partial charge in [-0.05, 0) is 30.7 Å². The average Bonchev–Trinajstić information content (AvgIpc) is 2.41. The van der Waals surface area contributed by atoms with E-state index >= 15 is 0 Å². The molecule has 0 aliphatic heterocycles. The zero-order valence-corrected chi connectivity index (χ0v) is 14.0. The first-order valence-corrected chi connectivity index (χ1v) is 9.16. The molecule has 0 amide bonds. The highest BCUT2D eigenvalue weighted by Crippen LogP contribution is 2.15. The summed E-state index contributed by atoms with van der Waals surface area (Å²) in [6, 6.07) is 7.06. The standard InChI is InChI=1S/C14H23ClN2O3S/c1-3-17(21(2,19)20)10-4-9-16-11-14(18)12-5-7-13(15)8-6-12/h5-8,14,16,18H,3-4,9-11H2,1-2H3. The van der Waals surface area contributed by atoms with E-state index in [1.165, 1.54) is 10.6 Å². The summed E-state index contributed by atoms with van der Waals surface area (Å²) in [5.41, 5.74) is 0.804. The Labute approximate surface area is 132 Å². The molecule has 0 heterocycles. The topological polar surface area (TPSA) is 69.6 Å². The van der Waals surface area contributed by atoms with Gasteiger partial charge in [0.15, 0.2) is 0 Å². The highest BCUT2D eigenvalue weighted by molar-refractivity contribution is 7.88. The monoisotopic (exact) mass is 334 g/mol. The van der Waals surface area contributed by atoms with Crippen LogP contribution < -0.4 is 5.32 Å². The van der Waals surface area contributed by atoms with Crippen molar-refractivity contribution in [3.8, 4) is 0 Å². The summed E-state index contributed by atoms with van der Waals surface area (Å²) in [6.07, 6.45) is 1.32. The molecule has 0 saturated carbocycles. The molecule has 1 unspecified atom stereocenters. The summed E-state index contributed by atoms with van der Waals surface area (Å²) >= 11 is 5.79. The van der Waals surface area contributed by atoms with Gasteiger partial charge in [-0.3, -0.25) is 0 Å². The second kappa shape index (κ2) is 8.70. The van der Waals surface area contributed by atoms with Crippen LogP contribution in [0.15, 0.2) is 24.3 Å². The van der Waals surface area contributed by atoms with Gasteiger partial charge in [-0.1, -0.05) is 30.7 Å². The highest BCUT2D eigenvalue weighted by Gasteiger charge is 2.13. The molecule has 0 aliphatic carbocycles. The molecule has 21 heavy (non-hydrogen) atoms. The van der Waals surface area contributed by atoms with Gasteiger partial charge in [-0.15, -0.1) is 0 Å². The quantitative estimate of drug-likeness (QED) is 0.673. The summed E-state index contributed by atoms with van der Waals surface area (Å²) in [6.45, 7) is 3.85. The highest BCUT2D eigenvalue weighted by atomic mass is 35.5. The fourth-order valence-corrected chi connectivity index (χ4v) is 3.04. The molecule has 0 bridgehead atoms. The number of aliphatic hydroxyl groups excluding tert-OH is 1. The molecule has 0 saturated heterocycles. The molecule has 0 fully saturated rings. The number of nitrogens with one attached hydrogen (secondary N) is 1. The second-order valence-corrected chi connectivity index (χ2v) is 7.30. The van der Waals surface area contributed by atoms with Crippen LogP contribution >= 0.6 is 11.6 Å². The van der Waals surface area contributed by atoms with Crippen molar-refractivity contribution in [1.29, 1.82) is 0 Å². The largest absolute Gasteiger partial charge is 0.387 e. The fraction of sp³-hybridized carbons (Fsp3) is 0.571. The third-order valence-electron chi connectivity index (χ3n) is 3.18. The number of sulfonamides is 1. The molecule has 7 heteroatoms. The molecule has 2 N–H and O–H groups in total. The Bertz CT molecular complexity index is 520. The number of aliphatic hydroxyl groups is 1. The summed E-state index contributed by atoms with van der Waals surface area (Å²) in [4.78, 5) is 0. The maximum Gasteiger partial charge on any atom is 0.211 e. The lowest BCUT2D eigenvalue weighted by molar-refractivity contribution is 0.174. The van der Waals surface area contributed by atoms with Crippen LogP contribution in [0.5, 0.6) is 0 Å². The van der Waals surface area contributed by atoms with E-state index in [0.29, 0.717) is 37.6 Å². The van der Waals surface area contributed by atoms with Crippen LogP contribution in [0.3, 0.4) is 0 Å². The smallest absolute Gasteiger partial charge is 0.211 e. The summed E-state index contributed by atoms with van der Waals surface area (Å²) < 4.78 is 24.2. The SMILES string of the molecule is CCN(CCCNCC(O)c1ccc(Cl)cc1)S(C)(=O)=O. The molecular weight excluding hydrogens is 312 g/mol. The minimum Gasteiger partial charge on any atom is -0.387 e. The third kappa shape index (κ3) is 6.76. The normalized spacial score (nSPS) is 13.6. The predicted octanol–water partition coefficient (Wildman–Crippen LogP) is 1.63. The first-order chi connectivity index (χ1) is 9.84. The van der Waals surface area contributed by atoms with Gasteiger partial charge in [0.2, 0.25) is 10.0 Å². The molecule has 1 atom stereocenters. The van der Waals surface area contributed by atoms with Crippen LogP contribution in [0.2, 0.25) is 5.02 Å². The van der Waals surface area contributed by atoms with Crippen molar-refractivity contribution >= 4 is 21.6 Å². The van der Waals surface area contributed by atoms with Gasteiger partial charge in [0.1, 0.15) is 0 Å². The van der Waals surface area contributed by atoms with Gasteiger partial charge in [0.25, 0.3) is 0 Å². The Morgan fingerprint density at radius 1 is 1.33 bits per heavy atom. The second-order valence-electron chi connectivity index (χ2n) is 4.88. The first kappa shape index (κ1) is 18.4. The van der Waals surface area contributed by atoms with Gasteiger partial charge in [0, 0.05) is 24.7 Å². The number of hydrogen-bond donors (Lipinski definition) is 2.